The molecule has 1 aliphatic rings. The molecule has 0 saturated carbocycles. The summed E-state index contributed by atoms with van der Waals surface area (Å²) in [7, 11) is 0. The molecule has 1 atom stereocenters. The number of carboxylic acid groups (broad SMARTS) is 1. The molecule has 0 saturated heterocycles. The lowest BCUT2D eigenvalue weighted by molar-refractivity contribution is -0.153. The number of ether oxygens (including phenoxy) is 2. The van der Waals surface area contributed by atoms with Gasteiger partial charge in [0.25, 0.3) is 5.91 Å². The van der Waals surface area contributed by atoms with E-state index in [1.165, 1.54) is 12.1 Å². The van der Waals surface area contributed by atoms with Crippen LogP contribution in [0.25, 0.3) is 10.8 Å². The Morgan fingerprint density at radius 3 is 2.31 bits per heavy atom. The van der Waals surface area contributed by atoms with Gasteiger partial charge in [-0.15, -0.1) is 0 Å². The average Bonchev–Trinajstić information content (AvgIpc) is 3.03. The smallest absolute Gasteiger partial charge is 0.422 e. The fourth-order valence-corrected chi connectivity index (χ4v) is 4.09. The number of aliphatic carboxylic acids is 1. The van der Waals surface area contributed by atoms with E-state index < -0.39 is 48.9 Å². The van der Waals surface area contributed by atoms with Gasteiger partial charge in [-0.1, -0.05) is 30.3 Å². The first kappa shape index (κ1) is 24.3. The normalized spacial score (nSPS) is 15.4. The number of aliphatic hydroxyl groups is 1. The van der Waals surface area contributed by atoms with Crippen molar-refractivity contribution in [1.82, 2.24) is 0 Å². The Morgan fingerprint density at radius 1 is 1.09 bits per heavy atom. The van der Waals surface area contributed by atoms with Crippen molar-refractivity contribution in [2.75, 3.05) is 18.1 Å². The van der Waals surface area contributed by atoms with E-state index in [1.807, 2.05) is 0 Å². The van der Waals surface area contributed by atoms with Crippen LogP contribution in [0, 0.1) is 5.82 Å². The molecule has 0 fully saturated rings. The maximum Gasteiger partial charge on any atom is 0.422 e. The molecule has 7 nitrogen and oxygen atoms in total. The monoisotopic (exact) mass is 493 g/mol. The van der Waals surface area contributed by atoms with Crippen LogP contribution >= 0.6 is 0 Å². The SMILES string of the molecule is CCOc1c2c(c(OCC(F)(F)F)c3ccccc13)C(=O)N(c1ccc(CC(=O)O)cc1F)C2O. The third kappa shape index (κ3) is 4.46. The quantitative estimate of drug-likeness (QED) is 0.468. The number of nitrogens with zero attached hydrogens (tertiary/aromatic N) is 1. The molecule has 11 heteroatoms. The molecule has 35 heavy (non-hydrogen) atoms. The van der Waals surface area contributed by atoms with Gasteiger partial charge < -0.3 is 19.7 Å². The molecule has 1 amide bonds. The number of halogens is 4. The Kier molecular flexibility index (Phi) is 6.28. The van der Waals surface area contributed by atoms with Gasteiger partial charge in [-0.3, -0.25) is 14.5 Å². The molecular weight excluding hydrogens is 474 g/mol. The van der Waals surface area contributed by atoms with Gasteiger partial charge in [-0.05, 0) is 24.6 Å². The highest BCUT2D eigenvalue weighted by Gasteiger charge is 2.44. The van der Waals surface area contributed by atoms with Crippen molar-refractivity contribution in [3.63, 3.8) is 0 Å². The highest BCUT2D eigenvalue weighted by atomic mass is 19.4. The predicted octanol–water partition coefficient (Wildman–Crippen LogP) is 4.60. The van der Waals surface area contributed by atoms with Crippen LogP contribution in [-0.4, -0.2) is 41.5 Å². The number of rotatable bonds is 7. The molecule has 3 aromatic rings. The second-order valence-corrected chi connectivity index (χ2v) is 7.73. The highest BCUT2D eigenvalue weighted by molar-refractivity contribution is 6.17. The van der Waals surface area contributed by atoms with Gasteiger partial charge in [0, 0.05) is 10.8 Å². The van der Waals surface area contributed by atoms with Crippen LogP contribution < -0.4 is 14.4 Å². The molecule has 1 aliphatic heterocycles. The first-order chi connectivity index (χ1) is 16.5. The number of fused-ring (bicyclic) bond motifs is 2. The Labute approximate surface area is 196 Å². The van der Waals surface area contributed by atoms with Crippen LogP contribution in [-0.2, 0) is 11.2 Å². The van der Waals surface area contributed by atoms with Crippen LogP contribution in [0.2, 0.25) is 0 Å². The van der Waals surface area contributed by atoms with Gasteiger partial charge >= 0.3 is 12.1 Å². The first-order valence-electron chi connectivity index (χ1n) is 10.5. The highest BCUT2D eigenvalue weighted by Crippen LogP contribution is 2.50. The zero-order chi connectivity index (χ0) is 25.5. The van der Waals surface area contributed by atoms with Gasteiger partial charge in [0.2, 0.25) is 0 Å². The number of carboxylic acids is 1. The Bertz CT molecular complexity index is 1320. The Hall–Kier alpha value is -3.86. The average molecular weight is 493 g/mol. The standard InChI is InChI=1S/C24H19F4NO6/c1-2-34-20-13-5-3-4-6-14(13)21(35-11-24(26,27)28)19-18(20)22(32)29(23(19)33)16-8-7-12(9-15(16)25)10-17(30)31/h3-9,22,32H,2,10-11H2,1H3,(H,30,31). The number of carbonyl (C=O) groups excluding carboxylic acids is 1. The van der Waals surface area contributed by atoms with E-state index in [2.05, 4.69) is 0 Å². The van der Waals surface area contributed by atoms with Gasteiger partial charge in [0.05, 0.1) is 29.8 Å². The topological polar surface area (TPSA) is 96.3 Å². The van der Waals surface area contributed by atoms with Crippen molar-refractivity contribution < 1.29 is 46.8 Å². The number of amides is 1. The molecule has 1 heterocycles. The summed E-state index contributed by atoms with van der Waals surface area (Å²) in [5.41, 5.74) is -0.798. The van der Waals surface area contributed by atoms with E-state index >= 15 is 0 Å². The molecule has 0 radical (unpaired) electrons. The molecule has 184 valence electrons. The number of aliphatic hydroxyl groups excluding tert-OH is 1. The number of carbonyl (C=O) groups is 2. The molecule has 0 aliphatic carbocycles. The van der Waals surface area contributed by atoms with Crippen molar-refractivity contribution in [1.29, 1.82) is 0 Å². The minimum atomic E-state index is -4.71. The van der Waals surface area contributed by atoms with E-state index in [0.29, 0.717) is 10.3 Å². The van der Waals surface area contributed by atoms with Crippen LogP contribution in [0.1, 0.15) is 34.6 Å². The molecule has 0 aromatic heterocycles. The maximum absolute atomic E-state index is 14.9. The molecule has 2 N–H and O–H groups in total. The molecule has 0 spiro atoms. The Morgan fingerprint density at radius 2 is 1.74 bits per heavy atom. The van der Waals surface area contributed by atoms with E-state index in [4.69, 9.17) is 14.6 Å². The lowest BCUT2D eigenvalue weighted by Crippen LogP contribution is -2.29. The van der Waals surface area contributed by atoms with Crippen LogP contribution in [0.15, 0.2) is 42.5 Å². The van der Waals surface area contributed by atoms with Gasteiger partial charge in [-0.25, -0.2) is 4.39 Å². The number of anilines is 1. The number of hydrogen-bond donors (Lipinski definition) is 2. The van der Waals surface area contributed by atoms with Crippen molar-refractivity contribution in [2.24, 2.45) is 0 Å². The van der Waals surface area contributed by atoms with Crippen molar-refractivity contribution >= 4 is 28.3 Å². The summed E-state index contributed by atoms with van der Waals surface area (Å²) in [6.45, 7) is 0.0639. The fourth-order valence-electron chi connectivity index (χ4n) is 4.09. The van der Waals surface area contributed by atoms with Gasteiger partial charge in [-0.2, -0.15) is 13.2 Å². The van der Waals surface area contributed by atoms with Crippen LogP contribution in [0.3, 0.4) is 0 Å². The van der Waals surface area contributed by atoms with Crippen molar-refractivity contribution in [3.05, 3.63) is 65.0 Å². The summed E-state index contributed by atoms with van der Waals surface area (Å²) in [4.78, 5) is 25.1. The summed E-state index contributed by atoms with van der Waals surface area (Å²) in [5, 5.41) is 20.5. The number of benzene rings is 3. The Balaban J connectivity index is 1.92. The van der Waals surface area contributed by atoms with E-state index in [1.54, 1.807) is 25.1 Å². The second-order valence-electron chi connectivity index (χ2n) is 7.73. The zero-order valence-electron chi connectivity index (χ0n) is 18.2. The molecular formula is C24H19F4NO6. The van der Waals surface area contributed by atoms with Crippen LogP contribution in [0.5, 0.6) is 11.5 Å². The predicted molar refractivity (Wildman–Crippen MR) is 116 cm³/mol. The van der Waals surface area contributed by atoms with E-state index in [-0.39, 0.29) is 40.1 Å². The molecule has 3 aromatic carbocycles. The minimum Gasteiger partial charge on any atom is -0.493 e. The summed E-state index contributed by atoms with van der Waals surface area (Å²) < 4.78 is 64.7. The van der Waals surface area contributed by atoms with E-state index in [0.717, 1.165) is 12.1 Å². The second kappa shape index (κ2) is 9.06. The number of hydrogen-bond acceptors (Lipinski definition) is 5. The summed E-state index contributed by atoms with van der Waals surface area (Å²) in [5.74, 6) is -3.54. The summed E-state index contributed by atoms with van der Waals surface area (Å²) in [6, 6.07) is 9.45. The minimum absolute atomic E-state index is 0.0590. The van der Waals surface area contributed by atoms with Crippen molar-refractivity contribution in [2.45, 2.75) is 25.7 Å². The zero-order valence-corrected chi connectivity index (χ0v) is 18.2. The third-order valence-corrected chi connectivity index (χ3v) is 5.39. The fraction of sp³-hybridized carbons (Fsp3) is 0.250. The van der Waals surface area contributed by atoms with Crippen LogP contribution in [0.4, 0.5) is 23.2 Å². The summed E-state index contributed by atoms with van der Waals surface area (Å²) >= 11 is 0. The maximum atomic E-state index is 14.9. The lowest BCUT2D eigenvalue weighted by Gasteiger charge is -2.22. The molecule has 0 bridgehead atoms. The first-order valence-corrected chi connectivity index (χ1v) is 10.5. The summed E-state index contributed by atoms with van der Waals surface area (Å²) in [6.07, 6.45) is -6.99. The molecule has 4 rings (SSSR count). The van der Waals surface area contributed by atoms with E-state index in [9.17, 15) is 32.3 Å². The van der Waals surface area contributed by atoms with Gasteiger partial charge in [0.1, 0.15) is 17.3 Å². The largest absolute Gasteiger partial charge is 0.493 e. The lowest BCUT2D eigenvalue weighted by atomic mass is 9.98. The van der Waals surface area contributed by atoms with Crippen molar-refractivity contribution in [3.8, 4) is 11.5 Å². The number of alkyl halides is 3. The molecule has 1 unspecified atom stereocenters. The van der Waals surface area contributed by atoms with Gasteiger partial charge in [0.15, 0.2) is 12.8 Å². The third-order valence-electron chi connectivity index (χ3n) is 5.39.